The maximum absolute atomic E-state index is 13.2. The molecule has 0 aliphatic carbocycles. The normalized spacial score (nSPS) is 17.0. The fraction of sp³-hybridized carbons (Fsp3) is 0.235. The molecule has 0 saturated carbocycles. The Morgan fingerprint density at radius 2 is 1.91 bits per heavy atom. The minimum atomic E-state index is -0.724. The number of rotatable bonds is 4. The first-order chi connectivity index (χ1) is 11.1. The number of nitrogens with one attached hydrogen (secondary N) is 2. The first-order valence-corrected chi connectivity index (χ1v) is 7.36. The third-order valence-electron chi connectivity index (χ3n) is 3.64. The number of anilines is 1. The molecule has 1 amide bonds. The van der Waals surface area contributed by atoms with Crippen molar-refractivity contribution in [1.29, 1.82) is 0 Å². The van der Waals surface area contributed by atoms with Gasteiger partial charge in [0.15, 0.2) is 5.75 Å². The molecular formula is C17H16F2N2O2. The molecule has 0 radical (unpaired) electrons. The number of carbonyl (C=O) groups is 1. The third-order valence-corrected chi connectivity index (χ3v) is 3.64. The van der Waals surface area contributed by atoms with Gasteiger partial charge in [-0.2, -0.15) is 0 Å². The molecule has 23 heavy (non-hydrogen) atoms. The zero-order chi connectivity index (χ0) is 16.2. The molecule has 120 valence electrons. The van der Waals surface area contributed by atoms with Crippen molar-refractivity contribution in [2.45, 2.75) is 6.42 Å². The summed E-state index contributed by atoms with van der Waals surface area (Å²) in [6, 6.07) is 9.73. The van der Waals surface area contributed by atoms with E-state index >= 15 is 0 Å². The Kier molecular flexibility index (Phi) is 4.52. The first-order valence-electron chi connectivity index (χ1n) is 7.36. The summed E-state index contributed by atoms with van der Waals surface area (Å²) in [4.78, 5) is 12.2. The SMILES string of the molecule is O=C(Nc1ccccc1Oc1cc(F)cc(F)c1)[C@H]1CCNC1. The van der Waals surface area contributed by atoms with Crippen LogP contribution >= 0.6 is 0 Å². The zero-order valence-corrected chi connectivity index (χ0v) is 12.3. The molecule has 1 heterocycles. The number of benzene rings is 2. The fourth-order valence-electron chi connectivity index (χ4n) is 2.49. The highest BCUT2D eigenvalue weighted by Gasteiger charge is 2.23. The van der Waals surface area contributed by atoms with Crippen LogP contribution in [0.3, 0.4) is 0 Å². The van der Waals surface area contributed by atoms with Gasteiger partial charge < -0.3 is 15.4 Å². The molecule has 3 rings (SSSR count). The molecule has 0 spiro atoms. The number of ether oxygens (including phenoxy) is 1. The van der Waals surface area contributed by atoms with Crippen LogP contribution in [0.15, 0.2) is 42.5 Å². The molecule has 1 fully saturated rings. The molecule has 2 aromatic carbocycles. The van der Waals surface area contributed by atoms with E-state index in [4.69, 9.17) is 4.74 Å². The summed E-state index contributed by atoms with van der Waals surface area (Å²) in [6.07, 6.45) is 0.782. The van der Waals surface area contributed by atoms with Gasteiger partial charge in [-0.1, -0.05) is 12.1 Å². The lowest BCUT2D eigenvalue weighted by molar-refractivity contribution is -0.119. The third kappa shape index (κ3) is 3.84. The van der Waals surface area contributed by atoms with Crippen molar-refractivity contribution in [2.24, 2.45) is 5.92 Å². The van der Waals surface area contributed by atoms with E-state index in [1.165, 1.54) is 0 Å². The van der Waals surface area contributed by atoms with Gasteiger partial charge in [0, 0.05) is 24.7 Å². The van der Waals surface area contributed by atoms with Crippen LogP contribution in [-0.4, -0.2) is 19.0 Å². The first kappa shape index (κ1) is 15.4. The van der Waals surface area contributed by atoms with Gasteiger partial charge in [0.2, 0.25) is 5.91 Å². The summed E-state index contributed by atoms with van der Waals surface area (Å²) in [5.74, 6) is -1.27. The van der Waals surface area contributed by atoms with Crippen molar-refractivity contribution in [2.75, 3.05) is 18.4 Å². The van der Waals surface area contributed by atoms with E-state index in [1.54, 1.807) is 24.3 Å². The molecule has 2 N–H and O–H groups in total. The lowest BCUT2D eigenvalue weighted by Crippen LogP contribution is -2.24. The van der Waals surface area contributed by atoms with Crippen molar-refractivity contribution >= 4 is 11.6 Å². The summed E-state index contributed by atoms with van der Waals surface area (Å²) in [5, 5.41) is 5.94. The van der Waals surface area contributed by atoms with Crippen molar-refractivity contribution in [3.05, 3.63) is 54.1 Å². The van der Waals surface area contributed by atoms with E-state index < -0.39 is 11.6 Å². The number of halogens is 2. The Hall–Kier alpha value is -2.47. The molecule has 4 nitrogen and oxygen atoms in total. The number of para-hydroxylation sites is 2. The van der Waals surface area contributed by atoms with Crippen LogP contribution in [0.25, 0.3) is 0 Å². The quantitative estimate of drug-likeness (QED) is 0.909. The summed E-state index contributed by atoms with van der Waals surface area (Å²) in [5.41, 5.74) is 0.467. The standard InChI is InChI=1S/C17H16F2N2O2/c18-12-7-13(19)9-14(8-12)23-16-4-2-1-3-15(16)21-17(22)11-5-6-20-10-11/h1-4,7-9,11,20H,5-6,10H2,(H,21,22)/t11-/m0/s1. The molecule has 2 aromatic rings. The Balaban J connectivity index is 1.78. The highest BCUT2D eigenvalue weighted by molar-refractivity contribution is 5.94. The summed E-state index contributed by atoms with van der Waals surface area (Å²) < 4.78 is 32.0. The van der Waals surface area contributed by atoms with E-state index in [9.17, 15) is 13.6 Å². The predicted octanol–water partition coefficient (Wildman–Crippen LogP) is 3.31. The molecule has 1 atom stereocenters. The van der Waals surface area contributed by atoms with Crippen LogP contribution < -0.4 is 15.4 Å². The van der Waals surface area contributed by atoms with Gasteiger partial charge in [0.1, 0.15) is 17.4 Å². The van der Waals surface area contributed by atoms with E-state index in [2.05, 4.69) is 10.6 Å². The lowest BCUT2D eigenvalue weighted by atomic mass is 10.1. The van der Waals surface area contributed by atoms with Crippen LogP contribution in [0.5, 0.6) is 11.5 Å². The Morgan fingerprint density at radius 3 is 2.61 bits per heavy atom. The molecule has 1 aliphatic rings. The smallest absolute Gasteiger partial charge is 0.228 e. The minimum Gasteiger partial charge on any atom is -0.455 e. The van der Waals surface area contributed by atoms with Crippen molar-refractivity contribution in [3.63, 3.8) is 0 Å². The number of hydrogen-bond donors (Lipinski definition) is 2. The molecule has 1 aliphatic heterocycles. The maximum atomic E-state index is 13.2. The Morgan fingerprint density at radius 1 is 1.17 bits per heavy atom. The summed E-state index contributed by atoms with van der Waals surface area (Å²) >= 11 is 0. The average molecular weight is 318 g/mol. The summed E-state index contributed by atoms with van der Waals surface area (Å²) in [7, 11) is 0. The van der Waals surface area contributed by atoms with Gasteiger partial charge in [0.05, 0.1) is 11.6 Å². The second-order valence-corrected chi connectivity index (χ2v) is 5.38. The average Bonchev–Trinajstić information content (AvgIpc) is 3.02. The van der Waals surface area contributed by atoms with Crippen LogP contribution in [0.2, 0.25) is 0 Å². The Labute approximate surface area is 132 Å². The lowest BCUT2D eigenvalue weighted by Gasteiger charge is -2.14. The van der Waals surface area contributed by atoms with Crippen LogP contribution in [0.4, 0.5) is 14.5 Å². The highest BCUT2D eigenvalue weighted by atomic mass is 19.1. The molecule has 1 saturated heterocycles. The molecule has 6 heteroatoms. The fourth-order valence-corrected chi connectivity index (χ4v) is 2.49. The van der Waals surface area contributed by atoms with Gasteiger partial charge in [-0.3, -0.25) is 4.79 Å². The van der Waals surface area contributed by atoms with Crippen LogP contribution in [0, 0.1) is 17.6 Å². The number of hydrogen-bond acceptors (Lipinski definition) is 3. The maximum Gasteiger partial charge on any atom is 0.228 e. The van der Waals surface area contributed by atoms with Crippen LogP contribution in [-0.2, 0) is 4.79 Å². The van der Waals surface area contributed by atoms with Gasteiger partial charge >= 0.3 is 0 Å². The predicted molar refractivity (Wildman–Crippen MR) is 82.5 cm³/mol. The van der Waals surface area contributed by atoms with Crippen molar-refractivity contribution in [3.8, 4) is 11.5 Å². The monoisotopic (exact) mass is 318 g/mol. The largest absolute Gasteiger partial charge is 0.455 e. The van der Waals surface area contributed by atoms with E-state index in [1.807, 2.05) is 0 Å². The van der Waals surface area contributed by atoms with Crippen LogP contribution in [0.1, 0.15) is 6.42 Å². The highest BCUT2D eigenvalue weighted by Crippen LogP contribution is 2.30. The van der Waals surface area contributed by atoms with Gasteiger partial charge in [0.25, 0.3) is 0 Å². The van der Waals surface area contributed by atoms with E-state index in [-0.39, 0.29) is 17.6 Å². The van der Waals surface area contributed by atoms with Gasteiger partial charge in [-0.05, 0) is 25.1 Å². The minimum absolute atomic E-state index is 0.0340. The molecule has 0 aromatic heterocycles. The van der Waals surface area contributed by atoms with E-state index in [0.29, 0.717) is 18.0 Å². The molecule has 0 bridgehead atoms. The molecule has 0 unspecified atom stereocenters. The number of carbonyl (C=O) groups excluding carboxylic acids is 1. The van der Waals surface area contributed by atoms with Gasteiger partial charge in [-0.15, -0.1) is 0 Å². The summed E-state index contributed by atoms with van der Waals surface area (Å²) in [6.45, 7) is 1.46. The zero-order valence-electron chi connectivity index (χ0n) is 12.3. The topological polar surface area (TPSA) is 50.4 Å². The second-order valence-electron chi connectivity index (χ2n) is 5.38. The van der Waals surface area contributed by atoms with Crippen molar-refractivity contribution in [1.82, 2.24) is 5.32 Å². The Bertz CT molecular complexity index is 695. The van der Waals surface area contributed by atoms with Crippen molar-refractivity contribution < 1.29 is 18.3 Å². The second kappa shape index (κ2) is 6.75. The molecular weight excluding hydrogens is 302 g/mol. The van der Waals surface area contributed by atoms with Gasteiger partial charge in [-0.25, -0.2) is 8.78 Å². The number of amides is 1. The van der Waals surface area contributed by atoms with E-state index in [0.717, 1.165) is 31.2 Å².